The first kappa shape index (κ1) is 12.0. The molecule has 1 heterocycles. The van der Waals surface area contributed by atoms with Crippen LogP contribution in [-0.4, -0.2) is 47.5 Å². The highest BCUT2D eigenvalue weighted by molar-refractivity contribution is 6.68. The lowest BCUT2D eigenvalue weighted by molar-refractivity contribution is -0.129. The van der Waals surface area contributed by atoms with Crippen LogP contribution in [0.2, 0.25) is 0 Å². The molecule has 0 bridgehead atoms. The number of imide groups is 2. The van der Waals surface area contributed by atoms with E-state index in [1.54, 1.807) is 30.3 Å². The number of urea groups is 1. The average molecular weight is 245 g/mol. The van der Waals surface area contributed by atoms with E-state index in [0.717, 1.165) is 9.80 Å². The van der Waals surface area contributed by atoms with Crippen molar-refractivity contribution < 1.29 is 14.4 Å². The van der Waals surface area contributed by atoms with Crippen molar-refractivity contribution in [2.75, 3.05) is 14.1 Å². The predicted molar refractivity (Wildman–Crippen MR) is 64.5 cm³/mol. The fourth-order valence-electron chi connectivity index (χ4n) is 1.54. The maximum absolute atomic E-state index is 11.8. The minimum atomic E-state index is -0.688. The van der Waals surface area contributed by atoms with Gasteiger partial charge in [0.2, 0.25) is 0 Å². The molecule has 0 radical (unpaired) electrons. The molecule has 0 spiro atoms. The minimum Gasteiger partial charge on any atom is -0.267 e. The zero-order valence-electron chi connectivity index (χ0n) is 9.95. The smallest absolute Gasteiger partial charge is 0.267 e. The molecule has 0 N–H and O–H groups in total. The molecule has 1 fully saturated rings. The molecule has 2 rings (SSSR count). The number of carbonyl (C=O) groups is 3. The number of hydrogen-bond donors (Lipinski definition) is 0. The van der Waals surface area contributed by atoms with Gasteiger partial charge in [0, 0.05) is 14.1 Å². The van der Waals surface area contributed by atoms with E-state index in [0.29, 0.717) is 5.69 Å². The maximum atomic E-state index is 11.8. The topological polar surface area (TPSA) is 70.1 Å². The number of amides is 4. The fraction of sp³-hybridized carbons (Fsp3) is 0.167. The Bertz CT molecular complexity index is 525. The van der Waals surface area contributed by atoms with E-state index in [2.05, 4.69) is 4.99 Å². The van der Waals surface area contributed by atoms with Crippen molar-refractivity contribution in [1.29, 1.82) is 0 Å². The van der Waals surface area contributed by atoms with Crippen molar-refractivity contribution in [2.24, 2.45) is 4.99 Å². The molecule has 0 aromatic heterocycles. The Labute approximate surface area is 104 Å². The highest BCUT2D eigenvalue weighted by Crippen LogP contribution is 2.14. The van der Waals surface area contributed by atoms with Gasteiger partial charge in [0.1, 0.15) is 0 Å². The summed E-state index contributed by atoms with van der Waals surface area (Å²) in [5.74, 6) is -1.38. The molecule has 0 atom stereocenters. The molecular formula is C12H11N3O3. The van der Waals surface area contributed by atoms with E-state index in [9.17, 15) is 14.4 Å². The normalized spacial score (nSPS) is 16.3. The Kier molecular flexibility index (Phi) is 2.93. The molecule has 0 saturated carbocycles. The van der Waals surface area contributed by atoms with E-state index in [1.165, 1.54) is 14.1 Å². The van der Waals surface area contributed by atoms with Crippen LogP contribution in [0, 0.1) is 0 Å². The number of benzene rings is 1. The molecule has 6 nitrogen and oxygen atoms in total. The van der Waals surface area contributed by atoms with Gasteiger partial charge in [0.05, 0.1) is 5.69 Å². The summed E-state index contributed by atoms with van der Waals surface area (Å²) < 4.78 is 0. The molecule has 1 aromatic carbocycles. The molecule has 1 aliphatic heterocycles. The number of aliphatic imine (C=N–C) groups is 1. The van der Waals surface area contributed by atoms with Gasteiger partial charge in [-0.2, -0.15) is 0 Å². The summed E-state index contributed by atoms with van der Waals surface area (Å²) in [6.45, 7) is 0. The molecule has 4 amide bonds. The second kappa shape index (κ2) is 4.40. The van der Waals surface area contributed by atoms with Crippen molar-refractivity contribution in [3.63, 3.8) is 0 Å². The molecule has 1 aromatic rings. The van der Waals surface area contributed by atoms with Crippen LogP contribution in [0.25, 0.3) is 0 Å². The van der Waals surface area contributed by atoms with Gasteiger partial charge in [-0.25, -0.2) is 9.79 Å². The van der Waals surface area contributed by atoms with Crippen molar-refractivity contribution >= 4 is 29.2 Å². The van der Waals surface area contributed by atoms with Gasteiger partial charge < -0.3 is 0 Å². The Morgan fingerprint density at radius 2 is 1.39 bits per heavy atom. The van der Waals surface area contributed by atoms with Gasteiger partial charge in [-0.05, 0) is 12.1 Å². The minimum absolute atomic E-state index is 0.259. The highest BCUT2D eigenvalue weighted by Gasteiger charge is 2.39. The zero-order chi connectivity index (χ0) is 13.3. The van der Waals surface area contributed by atoms with Gasteiger partial charge in [0.15, 0.2) is 5.71 Å². The lowest BCUT2D eigenvalue weighted by Crippen LogP contribution is -2.57. The van der Waals surface area contributed by atoms with E-state index in [4.69, 9.17) is 0 Å². The Morgan fingerprint density at radius 3 is 1.89 bits per heavy atom. The quantitative estimate of drug-likeness (QED) is 0.735. The zero-order valence-corrected chi connectivity index (χ0v) is 9.95. The second-order valence-electron chi connectivity index (χ2n) is 3.81. The van der Waals surface area contributed by atoms with Crippen LogP contribution < -0.4 is 0 Å². The molecule has 6 heteroatoms. The van der Waals surface area contributed by atoms with Gasteiger partial charge in [-0.3, -0.25) is 19.4 Å². The number of hydrogen-bond acceptors (Lipinski definition) is 4. The van der Waals surface area contributed by atoms with Gasteiger partial charge in [0.25, 0.3) is 11.8 Å². The molecule has 1 aliphatic rings. The first-order valence-corrected chi connectivity index (χ1v) is 5.26. The second-order valence-corrected chi connectivity index (χ2v) is 3.81. The standard InChI is InChI=1S/C12H11N3O3/c1-14-10(16)9(11(17)15(2)12(14)18)13-8-6-4-3-5-7-8/h3-7H,1-2H3. The van der Waals surface area contributed by atoms with Gasteiger partial charge >= 0.3 is 6.03 Å². The van der Waals surface area contributed by atoms with Crippen molar-refractivity contribution in [1.82, 2.24) is 9.80 Å². The number of barbiturate groups is 1. The van der Waals surface area contributed by atoms with Crippen molar-refractivity contribution in [2.45, 2.75) is 0 Å². The monoisotopic (exact) mass is 245 g/mol. The van der Waals surface area contributed by atoms with Gasteiger partial charge in [-0.15, -0.1) is 0 Å². The van der Waals surface area contributed by atoms with Crippen LogP contribution in [0.15, 0.2) is 35.3 Å². The summed E-state index contributed by atoms with van der Waals surface area (Å²) in [5, 5.41) is 0. The summed E-state index contributed by atoms with van der Waals surface area (Å²) in [6, 6.07) is 7.98. The summed E-state index contributed by atoms with van der Waals surface area (Å²) in [6.07, 6.45) is 0. The third kappa shape index (κ3) is 1.88. The predicted octanol–water partition coefficient (Wildman–Crippen LogP) is 0.809. The number of para-hydroxylation sites is 1. The van der Waals surface area contributed by atoms with E-state index >= 15 is 0 Å². The Morgan fingerprint density at radius 1 is 0.889 bits per heavy atom. The van der Waals surface area contributed by atoms with Crippen LogP contribution in [0.4, 0.5) is 10.5 Å². The summed E-state index contributed by atoms with van der Waals surface area (Å²) >= 11 is 0. The third-order valence-electron chi connectivity index (χ3n) is 2.59. The Hall–Kier alpha value is -2.50. The fourth-order valence-corrected chi connectivity index (χ4v) is 1.54. The lowest BCUT2D eigenvalue weighted by atomic mass is 10.2. The van der Waals surface area contributed by atoms with Crippen LogP contribution >= 0.6 is 0 Å². The molecular weight excluding hydrogens is 234 g/mol. The first-order chi connectivity index (χ1) is 8.52. The SMILES string of the molecule is CN1C(=O)C(=Nc2ccccc2)C(=O)N(C)C1=O. The number of carbonyl (C=O) groups excluding carboxylic acids is 3. The van der Waals surface area contributed by atoms with E-state index in [1.807, 2.05) is 0 Å². The van der Waals surface area contributed by atoms with Gasteiger partial charge in [-0.1, -0.05) is 18.2 Å². The average Bonchev–Trinajstić information content (AvgIpc) is 2.40. The summed E-state index contributed by atoms with van der Waals surface area (Å²) in [4.78, 5) is 40.9. The summed E-state index contributed by atoms with van der Waals surface area (Å²) in [5.41, 5.74) is 0.233. The van der Waals surface area contributed by atoms with E-state index < -0.39 is 17.8 Å². The Balaban J connectivity index is 2.44. The van der Waals surface area contributed by atoms with Crippen LogP contribution in [0.3, 0.4) is 0 Å². The number of nitrogens with zero attached hydrogens (tertiary/aromatic N) is 3. The van der Waals surface area contributed by atoms with Crippen LogP contribution in [0.1, 0.15) is 0 Å². The lowest BCUT2D eigenvalue weighted by Gasteiger charge is -2.27. The first-order valence-electron chi connectivity index (χ1n) is 5.26. The molecule has 0 aliphatic carbocycles. The van der Waals surface area contributed by atoms with Crippen LogP contribution in [0.5, 0.6) is 0 Å². The van der Waals surface area contributed by atoms with Crippen molar-refractivity contribution in [3.8, 4) is 0 Å². The molecule has 18 heavy (non-hydrogen) atoms. The summed E-state index contributed by atoms with van der Waals surface area (Å²) in [7, 11) is 2.63. The molecule has 0 unspecified atom stereocenters. The van der Waals surface area contributed by atoms with E-state index in [-0.39, 0.29) is 5.71 Å². The highest BCUT2D eigenvalue weighted by atomic mass is 16.2. The third-order valence-corrected chi connectivity index (χ3v) is 2.59. The number of rotatable bonds is 1. The molecule has 92 valence electrons. The van der Waals surface area contributed by atoms with Crippen LogP contribution in [-0.2, 0) is 9.59 Å². The largest absolute Gasteiger partial charge is 0.333 e. The van der Waals surface area contributed by atoms with Crippen molar-refractivity contribution in [3.05, 3.63) is 30.3 Å². The maximum Gasteiger partial charge on any atom is 0.333 e. The molecule has 1 saturated heterocycles.